The average molecular weight is 342 g/mol. The van der Waals surface area contributed by atoms with Gasteiger partial charge in [0.15, 0.2) is 6.61 Å². The van der Waals surface area contributed by atoms with Crippen molar-refractivity contribution in [1.82, 2.24) is 0 Å². The average Bonchev–Trinajstić information content (AvgIpc) is 2.41. The Balaban J connectivity index is 1.84. The van der Waals surface area contributed by atoms with Crippen molar-refractivity contribution in [2.75, 3.05) is 6.61 Å². The molecule has 2 aromatic carbocycles. The molecule has 0 N–H and O–H groups in total. The SMILES string of the molecule is O=C(COc1ccc(Br)cc1)Oc1ccc(Cl)cc1. The number of carbonyl (C=O) groups excluding carboxylic acids is 1. The largest absolute Gasteiger partial charge is 0.482 e. The number of benzene rings is 2. The van der Waals surface area contributed by atoms with Crippen LogP contribution in [0.5, 0.6) is 11.5 Å². The summed E-state index contributed by atoms with van der Waals surface area (Å²) < 4.78 is 11.3. The Hall–Kier alpha value is -1.52. The molecule has 0 aliphatic heterocycles. The normalized spacial score (nSPS) is 10.0. The van der Waals surface area contributed by atoms with E-state index in [1.54, 1.807) is 36.4 Å². The van der Waals surface area contributed by atoms with Crippen molar-refractivity contribution in [3.8, 4) is 11.5 Å². The second kappa shape index (κ2) is 6.59. The van der Waals surface area contributed by atoms with Crippen molar-refractivity contribution in [2.24, 2.45) is 0 Å². The Kier molecular flexibility index (Phi) is 4.82. The number of halogens is 2. The van der Waals surface area contributed by atoms with Crippen molar-refractivity contribution in [3.05, 3.63) is 58.0 Å². The van der Waals surface area contributed by atoms with Gasteiger partial charge in [-0.25, -0.2) is 4.79 Å². The van der Waals surface area contributed by atoms with Crippen molar-refractivity contribution in [3.63, 3.8) is 0 Å². The molecule has 3 nitrogen and oxygen atoms in total. The Morgan fingerprint density at radius 3 is 2.21 bits per heavy atom. The summed E-state index contributed by atoms with van der Waals surface area (Å²) in [5.74, 6) is 0.579. The topological polar surface area (TPSA) is 35.5 Å². The Labute approximate surface area is 124 Å². The lowest BCUT2D eigenvalue weighted by atomic mass is 10.3. The predicted molar refractivity (Wildman–Crippen MR) is 76.7 cm³/mol. The van der Waals surface area contributed by atoms with Crippen LogP contribution in [0.1, 0.15) is 0 Å². The Morgan fingerprint density at radius 2 is 1.58 bits per heavy atom. The second-order valence-electron chi connectivity index (χ2n) is 3.67. The van der Waals surface area contributed by atoms with E-state index in [0.29, 0.717) is 16.5 Å². The number of carbonyl (C=O) groups is 1. The van der Waals surface area contributed by atoms with Gasteiger partial charge in [-0.1, -0.05) is 27.5 Å². The molecule has 0 aliphatic carbocycles. The third-order valence-corrected chi connectivity index (χ3v) is 3.00. The van der Waals surface area contributed by atoms with Gasteiger partial charge < -0.3 is 9.47 Å². The van der Waals surface area contributed by atoms with E-state index in [4.69, 9.17) is 21.1 Å². The van der Waals surface area contributed by atoms with Crippen LogP contribution in [0, 0.1) is 0 Å². The molecule has 0 heterocycles. The maximum absolute atomic E-state index is 11.5. The quantitative estimate of drug-likeness (QED) is 0.621. The lowest BCUT2D eigenvalue weighted by Crippen LogP contribution is -2.17. The van der Waals surface area contributed by atoms with Gasteiger partial charge in [0.05, 0.1) is 0 Å². The van der Waals surface area contributed by atoms with E-state index in [1.165, 1.54) is 0 Å². The van der Waals surface area contributed by atoms with E-state index in [9.17, 15) is 4.79 Å². The fraction of sp³-hybridized carbons (Fsp3) is 0.0714. The molecule has 0 saturated carbocycles. The molecule has 5 heteroatoms. The lowest BCUT2D eigenvalue weighted by Gasteiger charge is -2.06. The molecule has 0 unspecified atom stereocenters. The summed E-state index contributed by atoms with van der Waals surface area (Å²) in [7, 11) is 0. The van der Waals surface area contributed by atoms with E-state index >= 15 is 0 Å². The van der Waals surface area contributed by atoms with Crippen molar-refractivity contribution in [1.29, 1.82) is 0 Å². The third-order valence-electron chi connectivity index (χ3n) is 2.22. The van der Waals surface area contributed by atoms with Gasteiger partial charge in [0, 0.05) is 9.50 Å². The maximum Gasteiger partial charge on any atom is 0.349 e. The first kappa shape index (κ1) is 13.9. The minimum atomic E-state index is -0.467. The van der Waals surface area contributed by atoms with Gasteiger partial charge in [-0.05, 0) is 48.5 Å². The van der Waals surface area contributed by atoms with E-state index < -0.39 is 5.97 Å². The first-order valence-corrected chi connectivity index (χ1v) is 6.65. The summed E-state index contributed by atoms with van der Waals surface area (Å²) in [5, 5.41) is 0.589. The molecule has 0 aromatic heterocycles. The summed E-state index contributed by atoms with van der Waals surface area (Å²) >= 11 is 9.05. The zero-order valence-corrected chi connectivity index (χ0v) is 12.1. The minimum Gasteiger partial charge on any atom is -0.482 e. The van der Waals surface area contributed by atoms with E-state index in [1.807, 2.05) is 12.1 Å². The van der Waals surface area contributed by atoms with E-state index in [-0.39, 0.29) is 6.61 Å². The van der Waals surface area contributed by atoms with Crippen LogP contribution >= 0.6 is 27.5 Å². The van der Waals surface area contributed by atoms with Gasteiger partial charge in [-0.3, -0.25) is 0 Å². The molecule has 0 fully saturated rings. The highest BCUT2D eigenvalue weighted by Gasteiger charge is 2.06. The standard InChI is InChI=1S/C14H10BrClO3/c15-10-1-5-12(6-2-10)18-9-14(17)19-13-7-3-11(16)4-8-13/h1-8H,9H2. The molecule has 0 spiro atoms. The van der Waals surface area contributed by atoms with Crippen LogP contribution in [0.25, 0.3) is 0 Å². The number of hydrogen-bond donors (Lipinski definition) is 0. The summed E-state index contributed by atoms with van der Waals surface area (Å²) in [6.45, 7) is -0.149. The van der Waals surface area contributed by atoms with Gasteiger partial charge >= 0.3 is 5.97 Å². The zero-order chi connectivity index (χ0) is 13.7. The fourth-order valence-corrected chi connectivity index (χ4v) is 1.73. The van der Waals surface area contributed by atoms with Crippen LogP contribution in [0.2, 0.25) is 5.02 Å². The summed E-state index contributed by atoms with van der Waals surface area (Å²) in [4.78, 5) is 11.5. The molecular weight excluding hydrogens is 332 g/mol. The molecule has 2 rings (SSSR count). The lowest BCUT2D eigenvalue weighted by molar-refractivity contribution is -0.136. The van der Waals surface area contributed by atoms with Crippen LogP contribution < -0.4 is 9.47 Å². The fourth-order valence-electron chi connectivity index (χ4n) is 1.34. The molecule has 19 heavy (non-hydrogen) atoms. The molecule has 0 atom stereocenters. The van der Waals surface area contributed by atoms with Gasteiger partial charge in [0.25, 0.3) is 0 Å². The van der Waals surface area contributed by atoms with Crippen LogP contribution in [0.15, 0.2) is 53.0 Å². The first-order valence-electron chi connectivity index (χ1n) is 5.48. The van der Waals surface area contributed by atoms with Gasteiger partial charge in [-0.15, -0.1) is 0 Å². The summed E-state index contributed by atoms with van der Waals surface area (Å²) in [6.07, 6.45) is 0. The smallest absolute Gasteiger partial charge is 0.349 e. The minimum absolute atomic E-state index is 0.149. The maximum atomic E-state index is 11.5. The molecular formula is C14H10BrClO3. The van der Waals surface area contributed by atoms with E-state index in [2.05, 4.69) is 15.9 Å². The number of hydrogen-bond acceptors (Lipinski definition) is 3. The third kappa shape index (κ3) is 4.58. The highest BCUT2D eigenvalue weighted by Crippen LogP contribution is 2.17. The predicted octanol–water partition coefficient (Wildman–Crippen LogP) is 4.09. The molecule has 0 radical (unpaired) electrons. The Morgan fingerprint density at radius 1 is 1.00 bits per heavy atom. The van der Waals surface area contributed by atoms with Crippen molar-refractivity contribution >= 4 is 33.5 Å². The van der Waals surface area contributed by atoms with E-state index in [0.717, 1.165) is 4.47 Å². The van der Waals surface area contributed by atoms with Crippen molar-refractivity contribution < 1.29 is 14.3 Å². The molecule has 98 valence electrons. The van der Waals surface area contributed by atoms with Crippen LogP contribution in [-0.4, -0.2) is 12.6 Å². The molecule has 0 saturated heterocycles. The Bertz CT molecular complexity index is 552. The second-order valence-corrected chi connectivity index (χ2v) is 5.02. The van der Waals surface area contributed by atoms with Gasteiger partial charge in [0.2, 0.25) is 0 Å². The summed E-state index contributed by atoms with van der Waals surface area (Å²) in [6, 6.07) is 13.7. The monoisotopic (exact) mass is 340 g/mol. The van der Waals surface area contributed by atoms with Gasteiger partial charge in [-0.2, -0.15) is 0 Å². The highest BCUT2D eigenvalue weighted by atomic mass is 79.9. The molecule has 0 aliphatic rings. The van der Waals surface area contributed by atoms with Crippen LogP contribution in [0.3, 0.4) is 0 Å². The zero-order valence-electron chi connectivity index (χ0n) is 9.81. The first-order chi connectivity index (χ1) is 9.13. The summed E-state index contributed by atoms with van der Waals surface area (Å²) in [5.41, 5.74) is 0. The molecule has 2 aromatic rings. The van der Waals surface area contributed by atoms with Crippen LogP contribution in [0.4, 0.5) is 0 Å². The number of ether oxygens (including phenoxy) is 2. The molecule has 0 bridgehead atoms. The number of esters is 1. The highest BCUT2D eigenvalue weighted by molar-refractivity contribution is 9.10. The van der Waals surface area contributed by atoms with Gasteiger partial charge in [0.1, 0.15) is 11.5 Å². The van der Waals surface area contributed by atoms with Crippen LogP contribution in [-0.2, 0) is 4.79 Å². The van der Waals surface area contributed by atoms with Crippen molar-refractivity contribution in [2.45, 2.75) is 0 Å². The molecule has 0 amide bonds. The number of rotatable bonds is 4.